The summed E-state index contributed by atoms with van der Waals surface area (Å²) in [6.07, 6.45) is 6.07. The molecule has 2 aromatic heterocycles. The van der Waals surface area contributed by atoms with Gasteiger partial charge in [-0.25, -0.2) is 26.8 Å². The van der Waals surface area contributed by atoms with Crippen molar-refractivity contribution >= 4 is 36.3 Å². The lowest BCUT2D eigenvalue weighted by atomic mass is 10.1. The Morgan fingerprint density at radius 2 is 0.912 bits per heavy atom. The molecule has 2 aliphatic carbocycles. The lowest BCUT2D eigenvalue weighted by Gasteiger charge is -2.52. The highest BCUT2D eigenvalue weighted by Crippen LogP contribution is 2.56. The summed E-state index contributed by atoms with van der Waals surface area (Å²) in [5.41, 5.74) is 2.65. The van der Waals surface area contributed by atoms with Crippen LogP contribution in [0.2, 0.25) is 36.3 Å². The van der Waals surface area contributed by atoms with E-state index in [1.54, 1.807) is 26.5 Å². The molecule has 0 saturated heterocycles. The molecule has 15 heteroatoms. The molecule has 0 spiro atoms. The lowest BCUT2D eigenvalue weighted by Crippen LogP contribution is -2.64. The second-order valence-corrected chi connectivity index (χ2v) is 32.5. The molecule has 2 aromatic carbocycles. The van der Waals surface area contributed by atoms with E-state index in [1.807, 2.05) is 60.7 Å². The van der Waals surface area contributed by atoms with E-state index in [0.29, 0.717) is 37.1 Å². The first kappa shape index (κ1) is 43.6. The monoisotopic (exact) mass is 854 g/mol. The number of aromatic nitrogens is 4. The van der Waals surface area contributed by atoms with Gasteiger partial charge in [0, 0.05) is 49.5 Å². The molecule has 6 rings (SSSR count). The van der Waals surface area contributed by atoms with E-state index in [0.717, 1.165) is 11.1 Å². The third-order valence-corrected chi connectivity index (χ3v) is 24.7. The maximum Gasteiger partial charge on any atom is 0.228 e. The molecule has 0 amide bonds. The molecular weight excluding hydrogens is 793 g/mol. The van der Waals surface area contributed by atoms with Gasteiger partial charge in [-0.3, -0.25) is 0 Å². The van der Waals surface area contributed by atoms with Crippen LogP contribution in [0.3, 0.4) is 0 Å². The molecule has 2 atom stereocenters. The van der Waals surface area contributed by atoms with Crippen LogP contribution >= 0.6 is 0 Å². The van der Waals surface area contributed by atoms with Gasteiger partial charge in [0.25, 0.3) is 0 Å². The Labute approximate surface area is 342 Å². The second kappa shape index (κ2) is 15.0. The maximum atomic E-state index is 15.0. The number of aryl methyl sites for hydroxylation is 2. The summed E-state index contributed by atoms with van der Waals surface area (Å²) < 4.78 is 85.3. The molecule has 57 heavy (non-hydrogen) atoms. The number of imidazole rings is 2. The van der Waals surface area contributed by atoms with E-state index in [-0.39, 0.29) is 32.2 Å². The first-order chi connectivity index (χ1) is 26.2. The van der Waals surface area contributed by atoms with Crippen molar-refractivity contribution in [1.82, 2.24) is 19.1 Å². The van der Waals surface area contributed by atoms with E-state index < -0.39 is 59.4 Å². The Balaban J connectivity index is 1.52. The molecule has 312 valence electrons. The first-order valence-corrected chi connectivity index (χ1v) is 29.1. The van der Waals surface area contributed by atoms with Gasteiger partial charge in [0.05, 0.1) is 11.4 Å². The van der Waals surface area contributed by atoms with Gasteiger partial charge in [0.15, 0.2) is 28.2 Å². The van der Waals surface area contributed by atoms with Crippen molar-refractivity contribution in [2.75, 3.05) is 11.5 Å². The van der Waals surface area contributed by atoms with Crippen LogP contribution in [-0.4, -0.2) is 75.7 Å². The Bertz CT molecular complexity index is 2130. The van der Waals surface area contributed by atoms with Crippen LogP contribution in [0, 0.1) is 11.8 Å². The quantitative estimate of drug-likeness (QED) is 0.0801. The lowest BCUT2D eigenvalue weighted by molar-refractivity contribution is -0.317. The molecule has 11 nitrogen and oxygen atoms in total. The number of benzene rings is 2. The number of nitrogens with zero attached hydrogens (tertiary/aromatic N) is 4. The van der Waals surface area contributed by atoms with Crippen molar-refractivity contribution in [3.05, 3.63) is 73.1 Å². The average Bonchev–Trinajstić information content (AvgIpc) is 4.03. The third-order valence-electron chi connectivity index (χ3n) is 12.4. The van der Waals surface area contributed by atoms with Gasteiger partial charge < -0.3 is 22.7 Å². The molecular formula is C42H62N4O7S2Si2. The number of sulfone groups is 2. The highest BCUT2D eigenvalue weighted by atomic mass is 32.2. The van der Waals surface area contributed by atoms with Crippen molar-refractivity contribution in [1.29, 1.82) is 0 Å². The predicted octanol–water partition coefficient (Wildman–Crippen LogP) is 9.01. The predicted molar refractivity (Wildman–Crippen MR) is 230 cm³/mol. The van der Waals surface area contributed by atoms with Crippen LogP contribution in [0.4, 0.5) is 0 Å². The number of hydrogen-bond acceptors (Lipinski definition) is 9. The third kappa shape index (κ3) is 9.14. The van der Waals surface area contributed by atoms with Gasteiger partial charge in [-0.05, 0) is 61.9 Å². The van der Waals surface area contributed by atoms with Crippen molar-refractivity contribution in [2.45, 2.75) is 125 Å². The highest BCUT2D eigenvalue weighted by Gasteiger charge is 2.64. The Morgan fingerprint density at radius 1 is 0.596 bits per heavy atom. The van der Waals surface area contributed by atoms with E-state index in [1.165, 1.54) is 9.13 Å². The fraction of sp³-hybridized carbons (Fsp3) is 0.571. The van der Waals surface area contributed by atoms with E-state index in [9.17, 15) is 16.8 Å². The van der Waals surface area contributed by atoms with Crippen molar-refractivity contribution in [2.24, 2.45) is 25.9 Å². The second-order valence-electron chi connectivity index (χ2n) is 19.3. The summed E-state index contributed by atoms with van der Waals surface area (Å²) >= 11 is 0. The minimum atomic E-state index is -4.22. The number of ether oxygens (including phenoxy) is 1. The zero-order chi connectivity index (χ0) is 42.0. The van der Waals surface area contributed by atoms with Crippen molar-refractivity contribution in [3.63, 3.8) is 0 Å². The zero-order valence-electron chi connectivity index (χ0n) is 35.8. The molecule has 4 aromatic rings. The first-order valence-electron chi connectivity index (χ1n) is 19.9. The molecule has 0 radical (unpaired) electrons. The van der Waals surface area contributed by atoms with Crippen molar-refractivity contribution < 1.29 is 30.4 Å². The van der Waals surface area contributed by atoms with Crippen LogP contribution in [0.1, 0.15) is 67.2 Å². The minimum Gasteiger partial charge on any atom is -0.389 e. The molecule has 0 bridgehead atoms. The summed E-state index contributed by atoms with van der Waals surface area (Å²) in [7, 11) is -10.7. The summed E-state index contributed by atoms with van der Waals surface area (Å²) in [4.78, 5) is 9.35. The molecule has 2 fully saturated rings. The Hall–Kier alpha value is -2.93. The summed E-state index contributed by atoms with van der Waals surface area (Å²) in [5.74, 6) is -5.22. The van der Waals surface area contributed by atoms with Gasteiger partial charge in [0.1, 0.15) is 11.5 Å². The van der Waals surface area contributed by atoms with E-state index in [2.05, 4.69) is 77.7 Å². The Morgan fingerprint density at radius 3 is 1.19 bits per heavy atom. The molecule has 0 aliphatic heterocycles. The SMILES string of the molecule is Cn1cc(-c2ccccc2)nc1S(=O)(=O)C[C@@](O[C@](CS(=O)(=O)c1nc(-c2ccccc2)cn1C)(O[Si](C)(C)C(C)(C)C)C1CC1)(O[Si](C)(C)C(C)(C)C)C1CC1. The largest absolute Gasteiger partial charge is 0.389 e. The Kier molecular flexibility index (Phi) is 11.5. The summed E-state index contributed by atoms with van der Waals surface area (Å²) in [5, 5.41) is -0.880. The topological polar surface area (TPSA) is 132 Å². The van der Waals surface area contributed by atoms with Crippen LogP contribution in [0.5, 0.6) is 0 Å². The standard InChI is InChI=1S/C42H62N4O7S2Si2/c1-39(2,3)56(9,10)52-41(33-23-24-33,29-54(47,48)37-43-35(27-45(37)7)31-19-15-13-16-20-31)51-42(34-25-26-34,53-57(11,12)40(4,5)6)30-55(49,50)38-44-36(28-46(38)8)32-21-17-14-18-22-32/h13-22,27-28,33-34H,23-26,29-30H2,1-12H3/t41-,42-/m1/s1. The average molecular weight is 855 g/mol. The van der Waals surface area contributed by atoms with Crippen LogP contribution < -0.4 is 0 Å². The number of rotatable bonds is 16. The fourth-order valence-electron chi connectivity index (χ4n) is 6.87. The van der Waals surface area contributed by atoms with Crippen molar-refractivity contribution in [3.8, 4) is 22.5 Å². The van der Waals surface area contributed by atoms with Gasteiger partial charge in [-0.15, -0.1) is 0 Å². The molecule has 0 unspecified atom stereocenters. The normalized spacial score (nSPS) is 18.3. The van der Waals surface area contributed by atoms with Crippen LogP contribution in [-0.2, 0) is 47.4 Å². The summed E-state index contributed by atoms with van der Waals surface area (Å²) in [6, 6.07) is 18.9. The van der Waals surface area contributed by atoms with E-state index in [4.69, 9.17) is 13.6 Å². The van der Waals surface area contributed by atoms with Crippen LogP contribution in [0.25, 0.3) is 22.5 Å². The molecule has 2 saturated carbocycles. The van der Waals surface area contributed by atoms with Gasteiger partial charge in [0.2, 0.25) is 30.0 Å². The smallest absolute Gasteiger partial charge is 0.228 e. The highest BCUT2D eigenvalue weighted by molar-refractivity contribution is 7.91. The molecule has 2 aliphatic rings. The molecule has 2 heterocycles. The van der Waals surface area contributed by atoms with Gasteiger partial charge >= 0.3 is 0 Å². The fourth-order valence-corrected chi connectivity index (χ4v) is 13.5. The van der Waals surface area contributed by atoms with Gasteiger partial charge in [-0.2, -0.15) is 0 Å². The molecule has 0 N–H and O–H groups in total. The zero-order valence-corrected chi connectivity index (χ0v) is 39.4. The minimum absolute atomic E-state index is 0.106. The van der Waals surface area contributed by atoms with E-state index >= 15 is 0 Å². The number of hydrogen-bond donors (Lipinski definition) is 0. The van der Waals surface area contributed by atoms with Crippen LogP contribution in [0.15, 0.2) is 83.4 Å². The van der Waals surface area contributed by atoms with Gasteiger partial charge in [-0.1, -0.05) is 102 Å². The maximum absolute atomic E-state index is 15.0. The summed E-state index contributed by atoms with van der Waals surface area (Å²) in [6.45, 7) is 20.9.